The highest BCUT2D eigenvalue weighted by Gasteiger charge is 2.20. The first-order chi connectivity index (χ1) is 7.02. The molecular weight excluding hydrogens is 204 g/mol. The van der Waals surface area contributed by atoms with Crippen LogP contribution in [0.2, 0.25) is 0 Å². The standard InChI is InChI=1S/C10H7F2NO2/c1-13-3-2-5-4-6(11)7(10(14)15)8(12)9(5)13/h2-4H,1H3,(H,14,15). The van der Waals surface area contributed by atoms with Crippen LogP contribution < -0.4 is 0 Å². The molecule has 0 saturated carbocycles. The van der Waals surface area contributed by atoms with Gasteiger partial charge in [0.1, 0.15) is 11.4 Å². The number of carboxylic acid groups (broad SMARTS) is 1. The topological polar surface area (TPSA) is 42.2 Å². The van der Waals surface area contributed by atoms with E-state index >= 15 is 0 Å². The molecule has 5 heteroatoms. The van der Waals surface area contributed by atoms with Gasteiger partial charge in [-0.25, -0.2) is 13.6 Å². The van der Waals surface area contributed by atoms with E-state index in [1.165, 1.54) is 10.6 Å². The van der Waals surface area contributed by atoms with E-state index in [1.54, 1.807) is 13.2 Å². The number of hydrogen-bond acceptors (Lipinski definition) is 1. The highest BCUT2D eigenvalue weighted by molar-refractivity contribution is 5.94. The van der Waals surface area contributed by atoms with Crippen molar-refractivity contribution < 1.29 is 18.7 Å². The van der Waals surface area contributed by atoms with Crippen LogP contribution >= 0.6 is 0 Å². The van der Waals surface area contributed by atoms with Crippen molar-refractivity contribution in [1.82, 2.24) is 4.57 Å². The molecule has 0 fully saturated rings. The summed E-state index contributed by atoms with van der Waals surface area (Å²) < 4.78 is 28.3. The molecule has 0 aliphatic rings. The van der Waals surface area contributed by atoms with Gasteiger partial charge >= 0.3 is 5.97 Å². The third-order valence-electron chi connectivity index (χ3n) is 2.27. The Kier molecular flexibility index (Phi) is 1.96. The van der Waals surface area contributed by atoms with Gasteiger partial charge < -0.3 is 9.67 Å². The summed E-state index contributed by atoms with van der Waals surface area (Å²) in [6.45, 7) is 0. The minimum absolute atomic E-state index is 0.0915. The molecule has 1 heterocycles. The second kappa shape index (κ2) is 3.05. The number of aromatic nitrogens is 1. The summed E-state index contributed by atoms with van der Waals surface area (Å²) in [5, 5.41) is 8.99. The number of benzene rings is 1. The van der Waals surface area contributed by atoms with Gasteiger partial charge in [0.25, 0.3) is 0 Å². The number of nitrogens with zero attached hydrogens (tertiary/aromatic N) is 1. The molecule has 3 nitrogen and oxygen atoms in total. The summed E-state index contributed by atoms with van der Waals surface area (Å²) in [4.78, 5) is 10.6. The minimum Gasteiger partial charge on any atom is -0.477 e. The molecule has 2 rings (SSSR count). The predicted octanol–water partition coefficient (Wildman–Crippen LogP) is 2.15. The van der Waals surface area contributed by atoms with Gasteiger partial charge in [-0.05, 0) is 12.1 Å². The van der Waals surface area contributed by atoms with Crippen molar-refractivity contribution in [2.24, 2.45) is 7.05 Å². The van der Waals surface area contributed by atoms with E-state index in [0.717, 1.165) is 6.07 Å². The molecule has 78 valence electrons. The fraction of sp³-hybridized carbons (Fsp3) is 0.100. The number of fused-ring (bicyclic) bond motifs is 1. The van der Waals surface area contributed by atoms with Gasteiger partial charge in [0, 0.05) is 18.6 Å². The van der Waals surface area contributed by atoms with Crippen LogP contribution in [0.5, 0.6) is 0 Å². The Bertz CT molecular complexity index is 560. The quantitative estimate of drug-likeness (QED) is 0.785. The molecular formula is C10H7F2NO2. The van der Waals surface area contributed by atoms with Gasteiger partial charge in [0.05, 0.1) is 5.52 Å². The van der Waals surface area contributed by atoms with Crippen LogP contribution in [0.15, 0.2) is 18.3 Å². The summed E-state index contributed by atoms with van der Waals surface area (Å²) in [5.74, 6) is -3.70. The fourth-order valence-corrected chi connectivity index (χ4v) is 1.58. The molecule has 0 radical (unpaired) electrons. The van der Waals surface area contributed by atoms with E-state index in [0.29, 0.717) is 5.39 Å². The lowest BCUT2D eigenvalue weighted by atomic mass is 10.1. The van der Waals surface area contributed by atoms with E-state index in [4.69, 9.17) is 5.11 Å². The zero-order chi connectivity index (χ0) is 11.2. The molecule has 1 aromatic carbocycles. The van der Waals surface area contributed by atoms with Crippen LogP contribution in [0.3, 0.4) is 0 Å². The van der Waals surface area contributed by atoms with Gasteiger partial charge in [-0.1, -0.05) is 0 Å². The summed E-state index contributed by atoms with van der Waals surface area (Å²) in [6, 6.07) is 2.54. The van der Waals surface area contributed by atoms with Crippen LogP contribution in [0.4, 0.5) is 8.78 Å². The van der Waals surface area contributed by atoms with Crippen molar-refractivity contribution in [3.8, 4) is 0 Å². The first-order valence-corrected chi connectivity index (χ1v) is 4.18. The molecule has 0 amide bonds. The number of aryl methyl sites for hydroxylation is 1. The van der Waals surface area contributed by atoms with Crippen molar-refractivity contribution in [3.05, 3.63) is 35.5 Å². The second-order valence-electron chi connectivity index (χ2n) is 3.22. The Morgan fingerprint density at radius 1 is 1.47 bits per heavy atom. The lowest BCUT2D eigenvalue weighted by Gasteiger charge is -2.03. The van der Waals surface area contributed by atoms with Gasteiger partial charge in [0.15, 0.2) is 5.82 Å². The lowest BCUT2D eigenvalue weighted by Crippen LogP contribution is -2.06. The van der Waals surface area contributed by atoms with E-state index in [-0.39, 0.29) is 5.52 Å². The van der Waals surface area contributed by atoms with Crippen molar-refractivity contribution in [3.63, 3.8) is 0 Å². The molecule has 0 aliphatic carbocycles. The monoisotopic (exact) mass is 211 g/mol. The molecule has 1 aromatic heterocycles. The van der Waals surface area contributed by atoms with Gasteiger partial charge in [-0.2, -0.15) is 0 Å². The Morgan fingerprint density at radius 2 is 2.13 bits per heavy atom. The Balaban J connectivity index is 2.93. The average molecular weight is 211 g/mol. The molecule has 0 atom stereocenters. The fourth-order valence-electron chi connectivity index (χ4n) is 1.58. The molecule has 0 spiro atoms. The van der Waals surface area contributed by atoms with E-state index < -0.39 is 23.2 Å². The third kappa shape index (κ3) is 1.27. The Morgan fingerprint density at radius 3 is 2.73 bits per heavy atom. The van der Waals surface area contributed by atoms with Crippen LogP contribution in [-0.2, 0) is 7.05 Å². The van der Waals surface area contributed by atoms with Crippen LogP contribution in [0.25, 0.3) is 10.9 Å². The highest BCUT2D eigenvalue weighted by atomic mass is 19.1. The molecule has 1 N–H and O–H groups in total. The molecule has 0 aliphatic heterocycles. The van der Waals surface area contributed by atoms with Crippen LogP contribution in [0, 0.1) is 11.6 Å². The largest absolute Gasteiger partial charge is 0.477 e. The molecule has 2 aromatic rings. The summed E-state index contributed by atoms with van der Waals surface area (Å²) >= 11 is 0. The van der Waals surface area contributed by atoms with E-state index in [9.17, 15) is 13.6 Å². The van der Waals surface area contributed by atoms with Gasteiger partial charge in [-0.15, -0.1) is 0 Å². The number of halogens is 2. The molecule has 15 heavy (non-hydrogen) atoms. The Hall–Kier alpha value is -1.91. The summed E-state index contributed by atoms with van der Waals surface area (Å²) in [5.41, 5.74) is -0.821. The minimum atomic E-state index is -1.60. The highest BCUT2D eigenvalue weighted by Crippen LogP contribution is 2.24. The normalized spacial score (nSPS) is 10.9. The van der Waals surface area contributed by atoms with Gasteiger partial charge in [-0.3, -0.25) is 0 Å². The average Bonchev–Trinajstić information content (AvgIpc) is 2.46. The maximum absolute atomic E-state index is 13.6. The third-order valence-corrected chi connectivity index (χ3v) is 2.27. The molecule has 0 unspecified atom stereocenters. The molecule has 0 saturated heterocycles. The van der Waals surface area contributed by atoms with E-state index in [2.05, 4.69) is 0 Å². The Labute approximate surface area is 83.5 Å². The summed E-state index contributed by atoms with van der Waals surface area (Å²) in [7, 11) is 1.56. The van der Waals surface area contributed by atoms with Crippen molar-refractivity contribution in [2.45, 2.75) is 0 Å². The first kappa shape index (κ1) is 9.64. The van der Waals surface area contributed by atoms with Crippen molar-refractivity contribution in [1.29, 1.82) is 0 Å². The predicted molar refractivity (Wildman–Crippen MR) is 49.8 cm³/mol. The summed E-state index contributed by atoms with van der Waals surface area (Å²) in [6.07, 6.45) is 1.54. The lowest BCUT2D eigenvalue weighted by molar-refractivity contribution is 0.0687. The smallest absolute Gasteiger partial charge is 0.341 e. The second-order valence-corrected chi connectivity index (χ2v) is 3.22. The number of aromatic carboxylic acids is 1. The number of carboxylic acids is 1. The maximum Gasteiger partial charge on any atom is 0.341 e. The van der Waals surface area contributed by atoms with Crippen molar-refractivity contribution >= 4 is 16.9 Å². The van der Waals surface area contributed by atoms with Crippen LogP contribution in [-0.4, -0.2) is 15.6 Å². The number of hydrogen-bond donors (Lipinski definition) is 1. The van der Waals surface area contributed by atoms with E-state index in [1.807, 2.05) is 0 Å². The molecule has 0 bridgehead atoms. The number of rotatable bonds is 1. The van der Waals surface area contributed by atoms with Crippen LogP contribution in [0.1, 0.15) is 10.4 Å². The zero-order valence-corrected chi connectivity index (χ0v) is 7.79. The van der Waals surface area contributed by atoms with Crippen molar-refractivity contribution in [2.75, 3.05) is 0 Å². The zero-order valence-electron chi connectivity index (χ0n) is 7.79. The SMILES string of the molecule is Cn1ccc2cc(F)c(C(=O)O)c(F)c21. The van der Waals surface area contributed by atoms with Gasteiger partial charge in [0.2, 0.25) is 0 Å². The maximum atomic E-state index is 13.6. The number of carbonyl (C=O) groups is 1. The first-order valence-electron chi connectivity index (χ1n) is 4.18.